The molecule has 0 aromatic rings. The molecule has 4 unspecified atom stereocenters. The van der Waals surface area contributed by atoms with Gasteiger partial charge in [-0.25, -0.2) is 0 Å². The number of aliphatic hydroxyl groups excluding tert-OH is 4. The highest BCUT2D eigenvalue weighted by atomic mass is 16.4. The molecular formula is C8H17NO4. The molecule has 1 rings (SSSR count). The van der Waals surface area contributed by atoms with Crippen molar-refractivity contribution < 1.29 is 20.4 Å². The summed E-state index contributed by atoms with van der Waals surface area (Å²) in [6, 6.07) is 0. The van der Waals surface area contributed by atoms with E-state index in [1.807, 2.05) is 0 Å². The van der Waals surface area contributed by atoms with Crippen LogP contribution in [-0.2, 0) is 0 Å². The van der Waals surface area contributed by atoms with Crippen LogP contribution in [-0.4, -0.2) is 50.9 Å². The van der Waals surface area contributed by atoms with E-state index in [0.717, 1.165) is 0 Å². The zero-order chi connectivity index (χ0) is 10.2. The quantitative estimate of drug-likeness (QED) is 0.323. The second-order valence-electron chi connectivity index (χ2n) is 4.08. The lowest BCUT2D eigenvalue weighted by molar-refractivity contribution is -0.145. The Morgan fingerprint density at radius 1 is 1.31 bits per heavy atom. The zero-order valence-electron chi connectivity index (χ0n) is 7.59. The fourth-order valence-electron chi connectivity index (χ4n) is 1.83. The molecule has 0 bridgehead atoms. The Kier molecular flexibility index (Phi) is 2.94. The second-order valence-corrected chi connectivity index (χ2v) is 4.08. The first-order valence-electron chi connectivity index (χ1n) is 4.34. The number of aliphatic hydroxyl groups is 4. The fraction of sp³-hybridized carbons (Fsp3) is 1.00. The average Bonchev–Trinajstić information content (AvgIpc) is 2.08. The van der Waals surface area contributed by atoms with Crippen LogP contribution in [0.1, 0.15) is 13.3 Å². The average molecular weight is 191 g/mol. The van der Waals surface area contributed by atoms with Gasteiger partial charge in [-0.3, -0.25) is 0 Å². The molecule has 5 heteroatoms. The third-order valence-corrected chi connectivity index (χ3v) is 2.77. The van der Waals surface area contributed by atoms with E-state index in [2.05, 4.69) is 0 Å². The van der Waals surface area contributed by atoms with Crippen LogP contribution in [0.4, 0.5) is 0 Å². The Bertz CT molecular complexity index is 183. The van der Waals surface area contributed by atoms with Crippen molar-refractivity contribution in [2.24, 2.45) is 11.7 Å². The van der Waals surface area contributed by atoms with Crippen molar-refractivity contribution in [1.29, 1.82) is 0 Å². The standard InChI is InChI=1S/C8H17NO4/c1-8(9)2-4(3-10)5(11)6(12)7(8)13/h4-7,10-13H,2-3,9H2,1H3/t4?,5?,6?,7?,8-/m0/s1. The molecule has 0 radical (unpaired) electrons. The molecule has 1 aliphatic carbocycles. The van der Waals surface area contributed by atoms with Gasteiger partial charge in [0.1, 0.15) is 12.2 Å². The molecule has 5 atom stereocenters. The Morgan fingerprint density at radius 2 is 1.85 bits per heavy atom. The van der Waals surface area contributed by atoms with Crippen LogP contribution >= 0.6 is 0 Å². The van der Waals surface area contributed by atoms with E-state index < -0.39 is 29.8 Å². The van der Waals surface area contributed by atoms with Gasteiger partial charge in [-0.2, -0.15) is 0 Å². The minimum atomic E-state index is -1.28. The lowest BCUT2D eigenvalue weighted by atomic mass is 9.72. The van der Waals surface area contributed by atoms with Crippen molar-refractivity contribution in [2.45, 2.75) is 37.2 Å². The lowest BCUT2D eigenvalue weighted by Crippen LogP contribution is -2.64. The Balaban J connectivity index is 2.79. The lowest BCUT2D eigenvalue weighted by Gasteiger charge is -2.44. The van der Waals surface area contributed by atoms with Crippen LogP contribution in [0, 0.1) is 5.92 Å². The highest BCUT2D eigenvalue weighted by molar-refractivity contribution is 5.02. The summed E-state index contributed by atoms with van der Waals surface area (Å²) >= 11 is 0. The SMILES string of the molecule is C[C@]1(N)CC(CO)C(O)C(O)C1O. The first-order chi connectivity index (χ1) is 5.90. The van der Waals surface area contributed by atoms with Crippen LogP contribution in [0.2, 0.25) is 0 Å². The highest BCUT2D eigenvalue weighted by Crippen LogP contribution is 2.31. The molecular weight excluding hydrogens is 174 g/mol. The first kappa shape index (κ1) is 10.9. The van der Waals surface area contributed by atoms with Crippen LogP contribution in [0.15, 0.2) is 0 Å². The highest BCUT2D eigenvalue weighted by Gasteiger charge is 2.47. The second kappa shape index (κ2) is 3.51. The smallest absolute Gasteiger partial charge is 0.108 e. The van der Waals surface area contributed by atoms with Gasteiger partial charge in [-0.15, -0.1) is 0 Å². The molecule has 1 saturated carbocycles. The van der Waals surface area contributed by atoms with Crippen molar-refractivity contribution >= 4 is 0 Å². The minimum absolute atomic E-state index is 0.238. The normalized spacial score (nSPS) is 52.2. The maximum atomic E-state index is 9.47. The van der Waals surface area contributed by atoms with Crippen molar-refractivity contribution in [3.8, 4) is 0 Å². The molecule has 78 valence electrons. The molecule has 0 saturated heterocycles. The van der Waals surface area contributed by atoms with Gasteiger partial charge < -0.3 is 26.2 Å². The molecule has 0 amide bonds. The van der Waals surface area contributed by atoms with Gasteiger partial charge >= 0.3 is 0 Å². The number of nitrogens with two attached hydrogens (primary N) is 1. The summed E-state index contributed by atoms with van der Waals surface area (Å²) in [5, 5.41) is 37.2. The molecule has 0 spiro atoms. The summed E-state index contributed by atoms with van der Waals surface area (Å²) in [6.45, 7) is 1.35. The molecule has 1 aliphatic rings. The van der Waals surface area contributed by atoms with E-state index in [1.54, 1.807) is 6.92 Å². The topological polar surface area (TPSA) is 107 Å². The number of rotatable bonds is 1. The molecule has 5 nitrogen and oxygen atoms in total. The summed E-state index contributed by atoms with van der Waals surface area (Å²) in [4.78, 5) is 0. The van der Waals surface area contributed by atoms with Crippen LogP contribution in [0.3, 0.4) is 0 Å². The summed E-state index contributed by atoms with van der Waals surface area (Å²) < 4.78 is 0. The van der Waals surface area contributed by atoms with Gasteiger partial charge in [0.2, 0.25) is 0 Å². The molecule has 0 aromatic carbocycles. The van der Waals surface area contributed by atoms with Gasteiger partial charge in [0.05, 0.1) is 6.10 Å². The van der Waals surface area contributed by atoms with E-state index in [9.17, 15) is 15.3 Å². The predicted octanol–water partition coefficient (Wildman–Crippen LogP) is -2.20. The van der Waals surface area contributed by atoms with Crippen LogP contribution < -0.4 is 5.73 Å². The van der Waals surface area contributed by atoms with Gasteiger partial charge in [-0.1, -0.05) is 0 Å². The summed E-state index contributed by atoms with van der Waals surface area (Å²) in [5.41, 5.74) is 4.76. The van der Waals surface area contributed by atoms with Crippen molar-refractivity contribution in [3.63, 3.8) is 0 Å². The first-order valence-corrected chi connectivity index (χ1v) is 4.34. The van der Waals surface area contributed by atoms with Crippen molar-refractivity contribution in [1.82, 2.24) is 0 Å². The van der Waals surface area contributed by atoms with E-state index in [-0.39, 0.29) is 6.61 Å². The molecule has 0 heterocycles. The number of hydrogen-bond acceptors (Lipinski definition) is 5. The zero-order valence-corrected chi connectivity index (χ0v) is 7.59. The predicted molar refractivity (Wildman–Crippen MR) is 45.8 cm³/mol. The van der Waals surface area contributed by atoms with E-state index in [4.69, 9.17) is 10.8 Å². The molecule has 1 fully saturated rings. The third kappa shape index (κ3) is 1.84. The summed E-state index contributed by atoms with van der Waals surface area (Å²) in [7, 11) is 0. The maximum Gasteiger partial charge on any atom is 0.108 e. The van der Waals surface area contributed by atoms with Crippen molar-refractivity contribution in [2.75, 3.05) is 6.61 Å². The fourth-order valence-corrected chi connectivity index (χ4v) is 1.83. The third-order valence-electron chi connectivity index (χ3n) is 2.77. The van der Waals surface area contributed by atoms with Crippen LogP contribution in [0.25, 0.3) is 0 Å². The Hall–Kier alpha value is -0.200. The van der Waals surface area contributed by atoms with Crippen molar-refractivity contribution in [3.05, 3.63) is 0 Å². The molecule has 0 aromatic heterocycles. The minimum Gasteiger partial charge on any atom is -0.396 e. The Labute approximate surface area is 76.8 Å². The van der Waals surface area contributed by atoms with Gasteiger partial charge in [0, 0.05) is 18.1 Å². The summed E-state index contributed by atoms with van der Waals surface area (Å²) in [5.74, 6) is -0.464. The molecule has 6 N–H and O–H groups in total. The summed E-state index contributed by atoms with van der Waals surface area (Å²) in [6.07, 6.45) is -3.23. The molecule has 0 aliphatic heterocycles. The van der Waals surface area contributed by atoms with Gasteiger partial charge in [-0.05, 0) is 13.3 Å². The van der Waals surface area contributed by atoms with E-state index in [1.165, 1.54) is 0 Å². The number of hydrogen-bond donors (Lipinski definition) is 5. The van der Waals surface area contributed by atoms with Gasteiger partial charge in [0.25, 0.3) is 0 Å². The monoisotopic (exact) mass is 191 g/mol. The van der Waals surface area contributed by atoms with Gasteiger partial charge in [0.15, 0.2) is 0 Å². The molecule has 13 heavy (non-hydrogen) atoms. The van der Waals surface area contributed by atoms with E-state index >= 15 is 0 Å². The van der Waals surface area contributed by atoms with E-state index in [0.29, 0.717) is 6.42 Å². The largest absolute Gasteiger partial charge is 0.396 e. The van der Waals surface area contributed by atoms with Crippen LogP contribution in [0.5, 0.6) is 0 Å². The maximum absolute atomic E-state index is 9.47. The Morgan fingerprint density at radius 3 is 2.31 bits per heavy atom.